The Balaban J connectivity index is 1.51. The Kier molecular flexibility index (Phi) is 8.20. The smallest absolute Gasteiger partial charge is 0.235 e. The standard InChI is InChI=1S/C18H20ClN5OS3/c1-2-3-10-26-17-22-23-18(28-17)27-12-16(25)21-15-8-9-20-24(15)11-13-6-4-5-7-14(13)19/h4-9H,2-3,10-12H2,1H3,(H,21,25). The summed E-state index contributed by atoms with van der Waals surface area (Å²) >= 11 is 10.9. The van der Waals surface area contributed by atoms with Crippen molar-refractivity contribution in [3.05, 3.63) is 47.1 Å². The zero-order valence-electron chi connectivity index (χ0n) is 15.3. The van der Waals surface area contributed by atoms with Crippen LogP contribution in [0.1, 0.15) is 25.3 Å². The first-order valence-corrected chi connectivity index (χ1v) is 12.0. The van der Waals surface area contributed by atoms with E-state index < -0.39 is 0 Å². The van der Waals surface area contributed by atoms with Gasteiger partial charge in [0.1, 0.15) is 5.82 Å². The molecule has 0 unspecified atom stereocenters. The van der Waals surface area contributed by atoms with Crippen LogP contribution in [0.2, 0.25) is 5.02 Å². The lowest BCUT2D eigenvalue weighted by molar-refractivity contribution is -0.113. The van der Waals surface area contributed by atoms with Crippen molar-refractivity contribution < 1.29 is 4.79 Å². The molecule has 0 radical (unpaired) electrons. The molecule has 0 aliphatic heterocycles. The van der Waals surface area contributed by atoms with Gasteiger partial charge < -0.3 is 5.32 Å². The Labute approximate surface area is 181 Å². The van der Waals surface area contributed by atoms with E-state index in [0.717, 1.165) is 26.4 Å². The summed E-state index contributed by atoms with van der Waals surface area (Å²) < 4.78 is 3.48. The second-order valence-electron chi connectivity index (χ2n) is 5.84. The van der Waals surface area contributed by atoms with Crippen LogP contribution in [0.25, 0.3) is 0 Å². The highest BCUT2D eigenvalue weighted by Crippen LogP contribution is 2.29. The van der Waals surface area contributed by atoms with Crippen molar-refractivity contribution in [2.45, 2.75) is 35.0 Å². The summed E-state index contributed by atoms with van der Waals surface area (Å²) in [6, 6.07) is 9.36. The first-order chi connectivity index (χ1) is 13.7. The van der Waals surface area contributed by atoms with E-state index in [0.29, 0.717) is 17.4 Å². The van der Waals surface area contributed by atoms with Gasteiger partial charge in [-0.3, -0.25) is 4.79 Å². The number of halogens is 1. The minimum atomic E-state index is -0.110. The number of thioether (sulfide) groups is 2. The summed E-state index contributed by atoms with van der Waals surface area (Å²) in [5.41, 5.74) is 0.944. The molecule has 0 aliphatic carbocycles. The maximum absolute atomic E-state index is 12.3. The van der Waals surface area contributed by atoms with E-state index >= 15 is 0 Å². The quantitative estimate of drug-likeness (QED) is 0.341. The minimum Gasteiger partial charge on any atom is -0.310 e. The molecule has 0 saturated heterocycles. The Morgan fingerprint density at radius 3 is 2.79 bits per heavy atom. The summed E-state index contributed by atoms with van der Waals surface area (Å²) in [7, 11) is 0. The highest BCUT2D eigenvalue weighted by molar-refractivity contribution is 8.03. The molecule has 1 N–H and O–H groups in total. The van der Waals surface area contributed by atoms with Gasteiger partial charge in [-0.2, -0.15) is 5.10 Å². The second kappa shape index (κ2) is 10.8. The molecule has 148 valence electrons. The molecule has 1 aromatic carbocycles. The van der Waals surface area contributed by atoms with E-state index in [1.54, 1.807) is 28.7 Å². The average Bonchev–Trinajstić information content (AvgIpc) is 3.32. The summed E-state index contributed by atoms with van der Waals surface area (Å²) in [6.07, 6.45) is 3.99. The maximum atomic E-state index is 12.3. The molecular formula is C18H20ClN5OS3. The molecule has 2 aromatic heterocycles. The molecule has 0 fully saturated rings. The van der Waals surface area contributed by atoms with Crippen molar-refractivity contribution in [3.63, 3.8) is 0 Å². The van der Waals surface area contributed by atoms with Crippen LogP contribution < -0.4 is 5.32 Å². The number of hydrogen-bond acceptors (Lipinski definition) is 7. The molecule has 2 heterocycles. The second-order valence-corrected chi connectivity index (χ2v) is 9.79. The predicted molar refractivity (Wildman–Crippen MR) is 118 cm³/mol. The molecule has 10 heteroatoms. The highest BCUT2D eigenvalue weighted by Gasteiger charge is 2.12. The zero-order chi connectivity index (χ0) is 19.8. The molecule has 0 spiro atoms. The topological polar surface area (TPSA) is 72.7 Å². The fraction of sp³-hybridized carbons (Fsp3) is 0.333. The van der Waals surface area contributed by atoms with Gasteiger partial charge in [0.05, 0.1) is 18.5 Å². The Morgan fingerprint density at radius 1 is 1.21 bits per heavy atom. The SMILES string of the molecule is CCCCSc1nnc(SCC(=O)Nc2ccnn2Cc2ccccc2Cl)s1. The van der Waals surface area contributed by atoms with Crippen LogP contribution in [0.5, 0.6) is 0 Å². The number of benzene rings is 1. The first kappa shape index (κ1) is 21.2. The van der Waals surface area contributed by atoms with Gasteiger partial charge in [-0.15, -0.1) is 10.2 Å². The number of rotatable bonds is 10. The van der Waals surface area contributed by atoms with E-state index in [9.17, 15) is 4.79 Å². The highest BCUT2D eigenvalue weighted by atomic mass is 35.5. The normalized spacial score (nSPS) is 10.9. The van der Waals surface area contributed by atoms with E-state index in [2.05, 4.69) is 27.5 Å². The Hall–Kier alpha value is -1.55. The van der Waals surface area contributed by atoms with Gasteiger partial charge in [0.25, 0.3) is 0 Å². The first-order valence-electron chi connectivity index (χ1n) is 8.80. The van der Waals surface area contributed by atoms with Gasteiger partial charge in [-0.05, 0) is 18.1 Å². The Morgan fingerprint density at radius 2 is 2.00 bits per heavy atom. The maximum Gasteiger partial charge on any atom is 0.235 e. The van der Waals surface area contributed by atoms with Crippen molar-refractivity contribution in [2.75, 3.05) is 16.8 Å². The van der Waals surface area contributed by atoms with E-state index in [4.69, 9.17) is 11.6 Å². The lowest BCUT2D eigenvalue weighted by Crippen LogP contribution is -2.17. The van der Waals surface area contributed by atoms with Crippen LogP contribution in [0.15, 0.2) is 45.2 Å². The van der Waals surface area contributed by atoms with Crippen molar-refractivity contribution in [3.8, 4) is 0 Å². The lowest BCUT2D eigenvalue weighted by atomic mass is 10.2. The molecule has 6 nitrogen and oxygen atoms in total. The molecule has 0 aliphatic rings. The summed E-state index contributed by atoms with van der Waals surface area (Å²) in [4.78, 5) is 12.3. The van der Waals surface area contributed by atoms with Gasteiger partial charge >= 0.3 is 0 Å². The molecule has 3 rings (SSSR count). The van der Waals surface area contributed by atoms with Crippen LogP contribution in [0, 0.1) is 0 Å². The third-order valence-corrected chi connectivity index (χ3v) is 7.34. The molecule has 1 amide bonds. The van der Waals surface area contributed by atoms with E-state index in [1.807, 2.05) is 24.3 Å². The number of aromatic nitrogens is 4. The minimum absolute atomic E-state index is 0.110. The van der Waals surface area contributed by atoms with Crippen LogP contribution >= 0.6 is 46.5 Å². The number of carbonyl (C=O) groups is 1. The van der Waals surface area contributed by atoms with Crippen LogP contribution in [-0.2, 0) is 11.3 Å². The number of unbranched alkanes of at least 4 members (excludes halogenated alkanes) is 1. The van der Waals surface area contributed by atoms with Crippen molar-refractivity contribution in [1.82, 2.24) is 20.0 Å². The van der Waals surface area contributed by atoms with Gasteiger partial charge in [-0.1, -0.05) is 78.0 Å². The van der Waals surface area contributed by atoms with E-state index in [-0.39, 0.29) is 11.7 Å². The van der Waals surface area contributed by atoms with Crippen LogP contribution in [0.4, 0.5) is 5.82 Å². The van der Waals surface area contributed by atoms with Gasteiger partial charge in [0.15, 0.2) is 8.68 Å². The number of anilines is 1. The lowest BCUT2D eigenvalue weighted by Gasteiger charge is -2.09. The van der Waals surface area contributed by atoms with E-state index in [1.165, 1.54) is 29.5 Å². The molecule has 0 bridgehead atoms. The third kappa shape index (κ3) is 6.23. The van der Waals surface area contributed by atoms with Crippen LogP contribution in [0.3, 0.4) is 0 Å². The monoisotopic (exact) mass is 453 g/mol. The summed E-state index contributed by atoms with van der Waals surface area (Å²) in [5.74, 6) is 1.84. The molecule has 0 saturated carbocycles. The fourth-order valence-electron chi connectivity index (χ4n) is 2.28. The molecular weight excluding hydrogens is 434 g/mol. The largest absolute Gasteiger partial charge is 0.310 e. The van der Waals surface area contributed by atoms with Gasteiger partial charge in [0, 0.05) is 16.8 Å². The fourth-order valence-corrected chi connectivity index (χ4v) is 5.45. The average molecular weight is 454 g/mol. The van der Waals surface area contributed by atoms with Crippen LogP contribution in [-0.4, -0.2) is 37.4 Å². The van der Waals surface area contributed by atoms with Crippen molar-refractivity contribution in [2.24, 2.45) is 0 Å². The molecule has 28 heavy (non-hydrogen) atoms. The van der Waals surface area contributed by atoms with Gasteiger partial charge in [0.2, 0.25) is 5.91 Å². The third-order valence-electron chi connectivity index (χ3n) is 3.70. The number of amides is 1. The van der Waals surface area contributed by atoms with Gasteiger partial charge in [-0.25, -0.2) is 4.68 Å². The van der Waals surface area contributed by atoms with Crippen molar-refractivity contribution in [1.29, 1.82) is 0 Å². The molecule has 3 aromatic rings. The number of carbonyl (C=O) groups excluding carboxylic acids is 1. The predicted octanol–water partition coefficient (Wildman–Crippen LogP) is 5.06. The molecule has 0 atom stereocenters. The summed E-state index contributed by atoms with van der Waals surface area (Å²) in [6.45, 7) is 2.66. The summed E-state index contributed by atoms with van der Waals surface area (Å²) in [5, 5.41) is 16.2. The van der Waals surface area contributed by atoms with Crippen molar-refractivity contribution >= 4 is 58.2 Å². The number of nitrogens with one attached hydrogen (secondary N) is 1. The number of nitrogens with zero attached hydrogens (tertiary/aromatic N) is 4. The number of hydrogen-bond donors (Lipinski definition) is 1. The zero-order valence-corrected chi connectivity index (χ0v) is 18.5. The Bertz CT molecular complexity index is 914.